The summed E-state index contributed by atoms with van der Waals surface area (Å²) in [6.45, 7) is 4.63. The molecule has 0 aliphatic heterocycles. The molecule has 2 aromatic rings. The van der Waals surface area contributed by atoms with Gasteiger partial charge in [-0.25, -0.2) is 0 Å². The van der Waals surface area contributed by atoms with E-state index in [1.54, 1.807) is 0 Å². The third-order valence-corrected chi connectivity index (χ3v) is 4.68. The van der Waals surface area contributed by atoms with Crippen LogP contribution in [0.25, 0.3) is 0 Å². The number of hydrogen-bond acceptors (Lipinski definition) is 4. The lowest BCUT2D eigenvalue weighted by atomic mass is 10.00. The van der Waals surface area contributed by atoms with Gasteiger partial charge in [0.15, 0.2) is 6.29 Å². The van der Waals surface area contributed by atoms with E-state index in [0.29, 0.717) is 11.6 Å². The number of aldehydes is 1. The van der Waals surface area contributed by atoms with Crippen LogP contribution in [-0.2, 0) is 0 Å². The molecule has 3 nitrogen and oxygen atoms in total. The maximum atomic E-state index is 11.2. The highest BCUT2D eigenvalue weighted by Crippen LogP contribution is 2.34. The van der Waals surface area contributed by atoms with Crippen LogP contribution in [0.15, 0.2) is 29.3 Å². The molecule has 0 spiro atoms. The van der Waals surface area contributed by atoms with Gasteiger partial charge in [-0.05, 0) is 31.5 Å². The second-order valence-corrected chi connectivity index (χ2v) is 5.98. The molecule has 0 fully saturated rings. The van der Waals surface area contributed by atoms with Crippen LogP contribution >= 0.6 is 22.9 Å². The van der Waals surface area contributed by atoms with Crippen molar-refractivity contribution >= 4 is 39.9 Å². The molecule has 1 aromatic heterocycles. The molecule has 0 aliphatic rings. The molecule has 0 saturated heterocycles. The molecule has 0 aliphatic carbocycles. The van der Waals surface area contributed by atoms with E-state index in [1.165, 1.54) is 11.3 Å². The number of nitrogens with one attached hydrogen (secondary N) is 1. The Morgan fingerprint density at radius 2 is 2.05 bits per heavy atom. The highest BCUT2D eigenvalue weighted by atomic mass is 35.5. The van der Waals surface area contributed by atoms with Crippen molar-refractivity contribution in [2.24, 2.45) is 4.99 Å². The van der Waals surface area contributed by atoms with Crippen LogP contribution in [0, 0.1) is 6.92 Å². The molecular weight excluding hydrogens is 304 g/mol. The Morgan fingerprint density at radius 3 is 2.57 bits per heavy atom. The first-order valence-corrected chi connectivity index (χ1v) is 7.88. The fourth-order valence-corrected chi connectivity index (χ4v) is 3.29. The smallest absolute Gasteiger partial charge is 0.160 e. The van der Waals surface area contributed by atoms with E-state index in [9.17, 15) is 4.79 Å². The van der Waals surface area contributed by atoms with Crippen LogP contribution in [0.5, 0.6) is 0 Å². The van der Waals surface area contributed by atoms with Gasteiger partial charge in [-0.1, -0.05) is 23.7 Å². The van der Waals surface area contributed by atoms with Crippen LogP contribution in [0.3, 0.4) is 0 Å². The number of carbonyl (C=O) groups is 1. The number of nitrogens with zero attached hydrogens (tertiary/aromatic N) is 1. The minimum Gasteiger partial charge on any atom is -0.379 e. The third-order valence-electron chi connectivity index (χ3n) is 3.19. The van der Waals surface area contributed by atoms with Crippen molar-refractivity contribution in [1.82, 2.24) is 0 Å². The first kappa shape index (κ1) is 15.7. The largest absolute Gasteiger partial charge is 0.379 e. The van der Waals surface area contributed by atoms with Crippen molar-refractivity contribution in [3.63, 3.8) is 0 Å². The van der Waals surface area contributed by atoms with Crippen molar-refractivity contribution in [2.75, 3.05) is 18.9 Å². The summed E-state index contributed by atoms with van der Waals surface area (Å²) in [5.74, 6) is 0. The number of thiophene rings is 1. The molecule has 0 bridgehead atoms. The van der Waals surface area contributed by atoms with Gasteiger partial charge in [0, 0.05) is 29.7 Å². The Balaban J connectivity index is 2.64. The van der Waals surface area contributed by atoms with Gasteiger partial charge in [0.2, 0.25) is 0 Å². The summed E-state index contributed by atoms with van der Waals surface area (Å²) in [5.41, 5.74) is 3.84. The summed E-state index contributed by atoms with van der Waals surface area (Å²) in [6, 6.07) is 7.61. The number of carbonyl (C=O) groups excluding carboxylic acids is 1. The fraction of sp³-hybridized carbons (Fsp3) is 0.250. The lowest BCUT2D eigenvalue weighted by Crippen LogP contribution is -2.07. The zero-order chi connectivity index (χ0) is 15.4. The summed E-state index contributed by atoms with van der Waals surface area (Å²) in [7, 11) is 1.86. The molecule has 0 atom stereocenters. The van der Waals surface area contributed by atoms with Crippen LogP contribution in [0.1, 0.15) is 33.3 Å². The van der Waals surface area contributed by atoms with E-state index in [1.807, 2.05) is 45.2 Å². The molecule has 0 radical (unpaired) electrons. The highest BCUT2D eigenvalue weighted by Gasteiger charge is 2.19. The molecule has 0 saturated carbocycles. The topological polar surface area (TPSA) is 41.5 Å². The Morgan fingerprint density at radius 1 is 1.38 bits per heavy atom. The van der Waals surface area contributed by atoms with Gasteiger partial charge in [-0.3, -0.25) is 9.79 Å². The maximum absolute atomic E-state index is 11.2. The van der Waals surface area contributed by atoms with Crippen molar-refractivity contribution < 1.29 is 4.79 Å². The lowest BCUT2D eigenvalue weighted by Gasteiger charge is -2.10. The van der Waals surface area contributed by atoms with Gasteiger partial charge in [-0.15, -0.1) is 11.3 Å². The molecule has 2 rings (SSSR count). The number of benzene rings is 1. The predicted octanol–water partition coefficient (Wildman–Crippen LogP) is 4.42. The second-order valence-electron chi connectivity index (χ2n) is 4.49. The predicted molar refractivity (Wildman–Crippen MR) is 91.6 cm³/mol. The van der Waals surface area contributed by atoms with E-state index in [-0.39, 0.29) is 0 Å². The van der Waals surface area contributed by atoms with Crippen molar-refractivity contribution in [2.45, 2.75) is 13.8 Å². The van der Waals surface area contributed by atoms with Gasteiger partial charge in [-0.2, -0.15) is 0 Å². The summed E-state index contributed by atoms with van der Waals surface area (Å²) in [5, 5.41) is 4.81. The average Bonchev–Trinajstić information content (AvgIpc) is 2.82. The molecule has 1 heterocycles. The Kier molecular flexibility index (Phi) is 5.15. The molecule has 21 heavy (non-hydrogen) atoms. The van der Waals surface area contributed by atoms with Gasteiger partial charge in [0.25, 0.3) is 0 Å². The molecule has 0 unspecified atom stereocenters. The normalized spacial score (nSPS) is 11.5. The molecule has 5 heteroatoms. The van der Waals surface area contributed by atoms with Crippen molar-refractivity contribution in [1.29, 1.82) is 0 Å². The van der Waals surface area contributed by atoms with Gasteiger partial charge < -0.3 is 5.32 Å². The zero-order valence-electron chi connectivity index (χ0n) is 12.2. The molecule has 1 aromatic carbocycles. The minimum atomic E-state index is 0.673. The number of hydrogen-bond donors (Lipinski definition) is 1. The second kappa shape index (κ2) is 6.87. The zero-order valence-corrected chi connectivity index (χ0v) is 13.8. The number of rotatable bonds is 5. The van der Waals surface area contributed by atoms with Crippen molar-refractivity contribution in [3.05, 3.63) is 50.9 Å². The number of aliphatic imine (C=N–C) groups is 1. The highest BCUT2D eigenvalue weighted by molar-refractivity contribution is 7.18. The Hall–Kier alpha value is -1.65. The molecule has 110 valence electrons. The third kappa shape index (κ3) is 3.17. The van der Waals surface area contributed by atoms with E-state index in [2.05, 4.69) is 10.3 Å². The van der Waals surface area contributed by atoms with Crippen LogP contribution in [-0.4, -0.2) is 25.6 Å². The monoisotopic (exact) mass is 320 g/mol. The molecule has 0 amide bonds. The maximum Gasteiger partial charge on any atom is 0.160 e. The van der Waals surface area contributed by atoms with Gasteiger partial charge in [0.05, 0.1) is 15.6 Å². The van der Waals surface area contributed by atoms with E-state index in [0.717, 1.165) is 38.6 Å². The van der Waals surface area contributed by atoms with Crippen LogP contribution < -0.4 is 5.32 Å². The number of halogens is 1. The molecular formula is C16H17ClN2OS. The SMILES string of the molecule is CCN=C(c1ccc(Cl)cc1)c1c(NC)sc(C=O)c1C. The first-order valence-electron chi connectivity index (χ1n) is 6.69. The fourth-order valence-electron chi connectivity index (χ4n) is 2.19. The summed E-state index contributed by atoms with van der Waals surface area (Å²) < 4.78 is 0. The Bertz CT molecular complexity index is 674. The molecule has 1 N–H and O–H groups in total. The summed E-state index contributed by atoms with van der Waals surface area (Å²) in [6.07, 6.45) is 0.899. The Labute approximate surface area is 133 Å². The summed E-state index contributed by atoms with van der Waals surface area (Å²) >= 11 is 7.41. The van der Waals surface area contributed by atoms with Crippen LogP contribution in [0.2, 0.25) is 5.02 Å². The number of anilines is 1. The van der Waals surface area contributed by atoms with Gasteiger partial charge in [0.1, 0.15) is 0 Å². The summed E-state index contributed by atoms with van der Waals surface area (Å²) in [4.78, 5) is 16.6. The van der Waals surface area contributed by atoms with E-state index >= 15 is 0 Å². The minimum absolute atomic E-state index is 0.673. The lowest BCUT2D eigenvalue weighted by molar-refractivity contribution is 0.112. The average molecular weight is 321 g/mol. The standard InChI is InChI=1S/C16H17ClN2OS/c1-4-19-15(11-5-7-12(17)8-6-11)14-10(2)13(9-20)21-16(14)18-3/h5-9,18H,4H2,1-3H3. The quantitative estimate of drug-likeness (QED) is 0.654. The first-order chi connectivity index (χ1) is 10.1. The van der Waals surface area contributed by atoms with Crippen molar-refractivity contribution in [3.8, 4) is 0 Å². The van der Waals surface area contributed by atoms with E-state index in [4.69, 9.17) is 11.6 Å². The van der Waals surface area contributed by atoms with Crippen LogP contribution in [0.4, 0.5) is 5.00 Å². The van der Waals surface area contributed by atoms with E-state index < -0.39 is 0 Å². The van der Waals surface area contributed by atoms with Gasteiger partial charge >= 0.3 is 0 Å².